The third kappa shape index (κ3) is 4.92. The minimum absolute atomic E-state index is 0.00500. The fourth-order valence-electron chi connectivity index (χ4n) is 4.27. The highest BCUT2D eigenvalue weighted by Crippen LogP contribution is 2.34. The molecule has 0 bridgehead atoms. The smallest absolute Gasteiger partial charge is 0.258 e. The van der Waals surface area contributed by atoms with E-state index in [0.29, 0.717) is 17.1 Å². The van der Waals surface area contributed by atoms with Crippen LogP contribution in [0.15, 0.2) is 73.1 Å². The first-order valence-corrected chi connectivity index (χ1v) is 10.9. The molecule has 4 rings (SSSR count). The Hall–Kier alpha value is -3.38. The first-order chi connectivity index (χ1) is 15.7. The van der Waals surface area contributed by atoms with Gasteiger partial charge in [0.25, 0.3) is 5.91 Å². The molecule has 6 nitrogen and oxygen atoms in total. The molecule has 1 aliphatic rings. The topological polar surface area (TPSA) is 54.9 Å². The largest absolute Gasteiger partial charge is 0.493 e. The Morgan fingerprint density at radius 3 is 2.31 bits per heavy atom. The zero-order valence-electron chi connectivity index (χ0n) is 18.6. The number of benzene rings is 2. The second kappa shape index (κ2) is 10.3. The van der Waals surface area contributed by atoms with Crippen molar-refractivity contribution >= 4 is 11.6 Å². The average Bonchev–Trinajstić information content (AvgIpc) is 2.86. The van der Waals surface area contributed by atoms with E-state index in [9.17, 15) is 4.79 Å². The summed E-state index contributed by atoms with van der Waals surface area (Å²) in [5.41, 5.74) is 2.76. The molecule has 166 valence electrons. The van der Waals surface area contributed by atoms with Crippen molar-refractivity contribution in [3.05, 3.63) is 84.2 Å². The third-order valence-corrected chi connectivity index (χ3v) is 5.96. The number of likely N-dealkylation sites (tertiary alicyclic amines) is 1. The molecule has 0 saturated carbocycles. The van der Waals surface area contributed by atoms with E-state index < -0.39 is 0 Å². The van der Waals surface area contributed by atoms with Crippen LogP contribution >= 0.6 is 0 Å². The summed E-state index contributed by atoms with van der Waals surface area (Å²) in [5.74, 6) is 1.27. The van der Waals surface area contributed by atoms with E-state index >= 15 is 0 Å². The molecule has 1 aliphatic heterocycles. The Bertz CT molecular complexity index is 1020. The standard InChI is InChI=1S/C26H29N3O3/c1-31-24-9-8-23(18-25(24)32-2)29(26(30)21-6-4-3-5-7-21)22-12-16-28(17-13-22)19-20-10-14-27-15-11-20/h3-11,14-15,18,22H,12-13,16-17,19H2,1-2H3. The number of pyridine rings is 1. The summed E-state index contributed by atoms with van der Waals surface area (Å²) in [6.07, 6.45) is 5.47. The van der Waals surface area contributed by atoms with Gasteiger partial charge < -0.3 is 14.4 Å². The van der Waals surface area contributed by atoms with Gasteiger partial charge >= 0.3 is 0 Å². The number of anilines is 1. The van der Waals surface area contributed by atoms with Crippen molar-refractivity contribution in [2.75, 3.05) is 32.2 Å². The van der Waals surface area contributed by atoms with Gasteiger partial charge in [-0.15, -0.1) is 0 Å². The van der Waals surface area contributed by atoms with Crippen LogP contribution in [0.3, 0.4) is 0 Å². The highest BCUT2D eigenvalue weighted by atomic mass is 16.5. The maximum atomic E-state index is 13.6. The van der Waals surface area contributed by atoms with Crippen LogP contribution in [-0.2, 0) is 6.54 Å². The summed E-state index contributed by atoms with van der Waals surface area (Å²) >= 11 is 0. The molecule has 1 amide bonds. The van der Waals surface area contributed by atoms with E-state index in [0.717, 1.165) is 38.2 Å². The van der Waals surface area contributed by atoms with Crippen molar-refractivity contribution in [3.8, 4) is 11.5 Å². The number of hydrogen-bond acceptors (Lipinski definition) is 5. The van der Waals surface area contributed by atoms with Crippen LogP contribution in [0.1, 0.15) is 28.8 Å². The SMILES string of the molecule is COc1ccc(N(C(=O)c2ccccc2)C2CCN(Cc3ccncc3)CC2)cc1OC. The molecule has 2 aromatic carbocycles. The predicted molar refractivity (Wildman–Crippen MR) is 125 cm³/mol. The zero-order chi connectivity index (χ0) is 22.3. The fourth-order valence-corrected chi connectivity index (χ4v) is 4.27. The second-order valence-electron chi connectivity index (χ2n) is 7.94. The molecular formula is C26H29N3O3. The molecule has 0 radical (unpaired) electrons. The highest BCUT2D eigenvalue weighted by molar-refractivity contribution is 6.06. The molecule has 0 spiro atoms. The Kier molecular flexibility index (Phi) is 7.02. The fraction of sp³-hybridized carbons (Fsp3) is 0.308. The number of carbonyl (C=O) groups excluding carboxylic acids is 1. The summed E-state index contributed by atoms with van der Waals surface area (Å²) in [7, 11) is 3.23. The Labute approximate surface area is 189 Å². The molecule has 32 heavy (non-hydrogen) atoms. The van der Waals surface area contributed by atoms with Crippen LogP contribution in [0.4, 0.5) is 5.69 Å². The van der Waals surface area contributed by atoms with Crippen molar-refractivity contribution in [2.45, 2.75) is 25.4 Å². The summed E-state index contributed by atoms with van der Waals surface area (Å²) in [6, 6.07) is 19.4. The van der Waals surface area contributed by atoms with Crippen molar-refractivity contribution in [1.29, 1.82) is 0 Å². The number of aromatic nitrogens is 1. The third-order valence-electron chi connectivity index (χ3n) is 5.96. The average molecular weight is 432 g/mol. The van der Waals surface area contributed by atoms with Gasteiger partial charge in [-0.1, -0.05) is 18.2 Å². The lowest BCUT2D eigenvalue weighted by Crippen LogP contribution is -2.47. The number of ether oxygens (including phenoxy) is 2. The zero-order valence-corrected chi connectivity index (χ0v) is 18.6. The van der Waals surface area contributed by atoms with Crippen LogP contribution in [0.5, 0.6) is 11.5 Å². The summed E-state index contributed by atoms with van der Waals surface area (Å²) in [6.45, 7) is 2.76. The van der Waals surface area contributed by atoms with Crippen molar-refractivity contribution in [2.24, 2.45) is 0 Å². The van der Waals surface area contributed by atoms with E-state index in [-0.39, 0.29) is 11.9 Å². The quantitative estimate of drug-likeness (QED) is 0.555. The highest BCUT2D eigenvalue weighted by Gasteiger charge is 2.30. The summed E-state index contributed by atoms with van der Waals surface area (Å²) in [5, 5.41) is 0. The number of rotatable bonds is 7. The van der Waals surface area contributed by atoms with Crippen LogP contribution in [-0.4, -0.2) is 49.1 Å². The van der Waals surface area contributed by atoms with Gasteiger partial charge in [0.15, 0.2) is 11.5 Å². The van der Waals surface area contributed by atoms with E-state index in [2.05, 4.69) is 22.0 Å². The van der Waals surface area contributed by atoms with Gasteiger partial charge in [-0.25, -0.2) is 0 Å². The maximum absolute atomic E-state index is 13.6. The molecule has 3 aromatic rings. The van der Waals surface area contributed by atoms with Crippen LogP contribution in [0, 0.1) is 0 Å². The molecule has 0 aliphatic carbocycles. The molecule has 1 saturated heterocycles. The Morgan fingerprint density at radius 1 is 0.969 bits per heavy atom. The monoisotopic (exact) mass is 431 g/mol. The lowest BCUT2D eigenvalue weighted by molar-refractivity contribution is 0.0958. The van der Waals surface area contributed by atoms with Gasteiger partial charge in [-0.3, -0.25) is 14.7 Å². The van der Waals surface area contributed by atoms with E-state index in [1.54, 1.807) is 14.2 Å². The second-order valence-corrected chi connectivity index (χ2v) is 7.94. The number of amides is 1. The predicted octanol–water partition coefficient (Wildman–Crippen LogP) is 4.41. The number of hydrogen-bond donors (Lipinski definition) is 0. The first kappa shape index (κ1) is 21.8. The molecule has 1 fully saturated rings. The molecule has 2 heterocycles. The van der Waals surface area contributed by atoms with Gasteiger partial charge in [0.05, 0.1) is 14.2 Å². The van der Waals surface area contributed by atoms with Crippen molar-refractivity contribution in [3.63, 3.8) is 0 Å². The number of methoxy groups -OCH3 is 2. The van der Waals surface area contributed by atoms with Crippen molar-refractivity contribution < 1.29 is 14.3 Å². The molecule has 0 N–H and O–H groups in total. The molecule has 1 aromatic heterocycles. The lowest BCUT2D eigenvalue weighted by atomic mass is 10.00. The molecule has 6 heteroatoms. The normalized spacial score (nSPS) is 14.7. The number of carbonyl (C=O) groups is 1. The van der Waals surface area contributed by atoms with Crippen molar-refractivity contribution in [1.82, 2.24) is 9.88 Å². The lowest BCUT2D eigenvalue weighted by Gasteiger charge is -2.39. The summed E-state index contributed by atoms with van der Waals surface area (Å²) in [4.78, 5) is 22.1. The number of piperidine rings is 1. The van der Waals surface area contributed by atoms with E-state index in [1.165, 1.54) is 5.56 Å². The maximum Gasteiger partial charge on any atom is 0.258 e. The van der Waals surface area contributed by atoms with Gasteiger partial charge in [0.2, 0.25) is 0 Å². The van der Waals surface area contributed by atoms with Crippen LogP contribution in [0.2, 0.25) is 0 Å². The molecular weight excluding hydrogens is 402 g/mol. The van der Waals surface area contributed by atoms with Crippen LogP contribution < -0.4 is 14.4 Å². The number of nitrogens with zero attached hydrogens (tertiary/aromatic N) is 3. The Morgan fingerprint density at radius 2 is 1.66 bits per heavy atom. The summed E-state index contributed by atoms with van der Waals surface area (Å²) < 4.78 is 10.9. The van der Waals surface area contributed by atoms with Crippen LogP contribution in [0.25, 0.3) is 0 Å². The molecule has 0 atom stereocenters. The minimum atomic E-state index is 0.00500. The van der Waals surface area contributed by atoms with Gasteiger partial charge in [-0.2, -0.15) is 0 Å². The first-order valence-electron chi connectivity index (χ1n) is 10.9. The minimum Gasteiger partial charge on any atom is -0.493 e. The van der Waals surface area contributed by atoms with Gasteiger partial charge in [0, 0.05) is 55.4 Å². The van der Waals surface area contributed by atoms with Gasteiger partial charge in [0.1, 0.15) is 0 Å². The molecule has 0 unspecified atom stereocenters. The van der Waals surface area contributed by atoms with E-state index in [1.807, 2.05) is 65.8 Å². The van der Waals surface area contributed by atoms with E-state index in [4.69, 9.17) is 9.47 Å². The van der Waals surface area contributed by atoms with Gasteiger partial charge in [-0.05, 0) is 54.8 Å². The Balaban J connectivity index is 1.57.